The standard InChI is InChI=1S/C26H25BrN2O6/c1-33-19-4-2-3-17-15-20(35-25(17)19)23(30)21-22(16-5-7-18(27)8-6-16)29(26(32)24(21)31)10-9-28-11-13-34-14-12-28/h2-8,15,22,31H,9-14H2,1H3/t22-/m0/s1. The van der Waals surface area contributed by atoms with Crippen molar-refractivity contribution in [3.63, 3.8) is 0 Å². The van der Waals surface area contributed by atoms with Crippen molar-refractivity contribution in [3.8, 4) is 5.75 Å². The van der Waals surface area contributed by atoms with Crippen LogP contribution in [-0.2, 0) is 9.53 Å². The van der Waals surface area contributed by atoms with Crippen LogP contribution in [0.1, 0.15) is 22.2 Å². The first kappa shape index (κ1) is 23.6. The average Bonchev–Trinajstić information content (AvgIpc) is 3.43. The molecule has 2 aromatic carbocycles. The number of morpholine rings is 1. The maximum absolute atomic E-state index is 13.7. The smallest absolute Gasteiger partial charge is 0.290 e. The Balaban J connectivity index is 1.51. The van der Waals surface area contributed by atoms with E-state index in [9.17, 15) is 14.7 Å². The van der Waals surface area contributed by atoms with Gasteiger partial charge in [-0.1, -0.05) is 40.2 Å². The molecule has 8 nitrogen and oxygen atoms in total. The average molecular weight is 541 g/mol. The summed E-state index contributed by atoms with van der Waals surface area (Å²) in [6, 6.07) is 13.6. The number of aliphatic hydroxyl groups excluding tert-OH is 1. The third-order valence-corrected chi connectivity index (χ3v) is 6.98. The number of benzene rings is 2. The quantitative estimate of drug-likeness (QED) is 0.450. The molecule has 0 unspecified atom stereocenters. The summed E-state index contributed by atoms with van der Waals surface area (Å²) >= 11 is 3.44. The van der Waals surface area contributed by atoms with Crippen molar-refractivity contribution in [1.29, 1.82) is 0 Å². The Morgan fingerprint density at radius 1 is 1.14 bits per heavy atom. The van der Waals surface area contributed by atoms with Gasteiger partial charge < -0.3 is 23.9 Å². The Labute approximate surface area is 210 Å². The molecular weight excluding hydrogens is 516 g/mol. The van der Waals surface area contributed by atoms with Crippen LogP contribution in [-0.4, -0.2) is 73.1 Å². The normalized spacial score (nSPS) is 19.1. The van der Waals surface area contributed by atoms with E-state index in [1.54, 1.807) is 23.1 Å². The molecular formula is C26H25BrN2O6. The molecule has 0 saturated carbocycles. The van der Waals surface area contributed by atoms with Crippen LogP contribution in [0.15, 0.2) is 68.8 Å². The van der Waals surface area contributed by atoms with Gasteiger partial charge in [-0.2, -0.15) is 0 Å². The third kappa shape index (κ3) is 4.47. The predicted octanol–water partition coefficient (Wildman–Crippen LogP) is 4.11. The summed E-state index contributed by atoms with van der Waals surface area (Å²) in [7, 11) is 1.53. The van der Waals surface area contributed by atoms with E-state index in [2.05, 4.69) is 20.8 Å². The summed E-state index contributed by atoms with van der Waals surface area (Å²) in [5.41, 5.74) is 1.18. The van der Waals surface area contributed by atoms with Crippen LogP contribution in [0.25, 0.3) is 11.0 Å². The van der Waals surface area contributed by atoms with Crippen molar-refractivity contribution < 1.29 is 28.6 Å². The van der Waals surface area contributed by atoms with E-state index >= 15 is 0 Å². The van der Waals surface area contributed by atoms with Crippen LogP contribution >= 0.6 is 15.9 Å². The number of ether oxygens (including phenoxy) is 2. The van der Waals surface area contributed by atoms with E-state index in [0.717, 1.165) is 23.1 Å². The monoisotopic (exact) mass is 540 g/mol. The van der Waals surface area contributed by atoms with Crippen LogP contribution in [0.2, 0.25) is 0 Å². The van der Waals surface area contributed by atoms with Crippen LogP contribution in [0.4, 0.5) is 0 Å². The number of ketones is 1. The topological polar surface area (TPSA) is 92.5 Å². The van der Waals surface area contributed by atoms with Gasteiger partial charge in [-0.05, 0) is 29.8 Å². The first-order chi connectivity index (χ1) is 17.0. The summed E-state index contributed by atoms with van der Waals surface area (Å²) < 4.78 is 17.5. The van der Waals surface area contributed by atoms with Gasteiger partial charge in [-0.15, -0.1) is 0 Å². The van der Waals surface area contributed by atoms with Gasteiger partial charge in [0, 0.05) is 36.0 Å². The number of para-hydroxylation sites is 1. The maximum atomic E-state index is 13.7. The van der Waals surface area contributed by atoms with Crippen LogP contribution in [0.3, 0.4) is 0 Å². The van der Waals surface area contributed by atoms with Crippen molar-refractivity contribution in [3.05, 3.63) is 75.7 Å². The van der Waals surface area contributed by atoms with E-state index in [-0.39, 0.29) is 11.3 Å². The zero-order valence-corrected chi connectivity index (χ0v) is 20.8. The van der Waals surface area contributed by atoms with Crippen molar-refractivity contribution >= 4 is 38.6 Å². The van der Waals surface area contributed by atoms with Crippen molar-refractivity contribution in [2.45, 2.75) is 6.04 Å². The first-order valence-electron chi connectivity index (χ1n) is 11.4. The molecule has 1 fully saturated rings. The Morgan fingerprint density at radius 3 is 2.60 bits per heavy atom. The van der Waals surface area contributed by atoms with Crippen LogP contribution in [0, 0.1) is 0 Å². The van der Waals surface area contributed by atoms with E-state index < -0.39 is 23.5 Å². The van der Waals surface area contributed by atoms with Gasteiger partial charge in [0.2, 0.25) is 5.78 Å². The number of hydrogen-bond acceptors (Lipinski definition) is 7. The number of amides is 1. The molecule has 0 spiro atoms. The van der Waals surface area contributed by atoms with Gasteiger partial charge in [-0.25, -0.2) is 0 Å². The highest BCUT2D eigenvalue weighted by Crippen LogP contribution is 2.40. The lowest BCUT2D eigenvalue weighted by Gasteiger charge is -2.31. The molecule has 1 N–H and O–H groups in total. The number of furan rings is 1. The largest absolute Gasteiger partial charge is 0.503 e. The minimum absolute atomic E-state index is 0.0114. The van der Waals surface area contributed by atoms with Crippen molar-refractivity contribution in [2.75, 3.05) is 46.5 Å². The van der Waals surface area contributed by atoms with Crippen molar-refractivity contribution in [1.82, 2.24) is 9.80 Å². The molecule has 3 heterocycles. The lowest BCUT2D eigenvalue weighted by Crippen LogP contribution is -2.43. The van der Waals surface area contributed by atoms with Gasteiger partial charge in [-0.3, -0.25) is 14.5 Å². The molecule has 2 aliphatic heterocycles. The number of aliphatic hydroxyl groups is 1. The fourth-order valence-electron chi connectivity index (χ4n) is 4.62. The van der Waals surface area contributed by atoms with Gasteiger partial charge in [0.1, 0.15) is 0 Å². The molecule has 35 heavy (non-hydrogen) atoms. The summed E-state index contributed by atoms with van der Waals surface area (Å²) in [6.07, 6.45) is 0. The van der Waals surface area contributed by atoms with Gasteiger partial charge in [0.25, 0.3) is 5.91 Å². The second kappa shape index (κ2) is 9.85. The van der Waals surface area contributed by atoms with Gasteiger partial charge in [0.05, 0.1) is 31.9 Å². The molecule has 182 valence electrons. The SMILES string of the molecule is COc1cccc2cc(C(=O)C3=C(O)C(=O)N(CCN4CCOCC4)[C@H]3c3ccc(Br)cc3)oc12. The molecule has 0 radical (unpaired) electrons. The Kier molecular flexibility index (Phi) is 6.64. The highest BCUT2D eigenvalue weighted by atomic mass is 79.9. The molecule has 1 aromatic heterocycles. The van der Waals surface area contributed by atoms with Crippen LogP contribution < -0.4 is 4.74 Å². The first-order valence-corrected chi connectivity index (χ1v) is 12.2. The number of rotatable bonds is 7. The fraction of sp³-hybridized carbons (Fsp3) is 0.308. The fourth-order valence-corrected chi connectivity index (χ4v) is 4.89. The number of fused-ring (bicyclic) bond motifs is 1. The molecule has 1 amide bonds. The molecule has 3 aromatic rings. The molecule has 2 aliphatic rings. The lowest BCUT2D eigenvalue weighted by atomic mass is 9.95. The number of Topliss-reactive ketones (excluding diaryl/α,β-unsaturated/α-hetero) is 1. The highest BCUT2D eigenvalue weighted by molar-refractivity contribution is 9.10. The van der Waals surface area contributed by atoms with E-state index in [1.165, 1.54) is 7.11 Å². The molecule has 5 rings (SSSR count). The van der Waals surface area contributed by atoms with E-state index in [4.69, 9.17) is 13.9 Å². The molecule has 1 saturated heterocycles. The van der Waals surface area contributed by atoms with E-state index in [0.29, 0.717) is 43.0 Å². The second-order valence-electron chi connectivity index (χ2n) is 8.49. The predicted molar refractivity (Wildman–Crippen MR) is 133 cm³/mol. The third-order valence-electron chi connectivity index (χ3n) is 6.45. The molecule has 0 bridgehead atoms. The maximum Gasteiger partial charge on any atom is 0.290 e. The Morgan fingerprint density at radius 2 is 1.89 bits per heavy atom. The van der Waals surface area contributed by atoms with Crippen molar-refractivity contribution in [2.24, 2.45) is 0 Å². The summed E-state index contributed by atoms with van der Waals surface area (Å²) in [5.74, 6) is -1.11. The highest BCUT2D eigenvalue weighted by Gasteiger charge is 2.44. The van der Waals surface area contributed by atoms with E-state index in [1.807, 2.05) is 30.3 Å². The minimum atomic E-state index is -0.737. The number of halogens is 1. The number of hydrogen-bond donors (Lipinski definition) is 1. The van der Waals surface area contributed by atoms with Gasteiger partial charge >= 0.3 is 0 Å². The Hall–Kier alpha value is -3.14. The van der Waals surface area contributed by atoms with Gasteiger partial charge in [0.15, 0.2) is 22.9 Å². The Bertz CT molecular complexity index is 1290. The number of carbonyl (C=O) groups excluding carboxylic acids is 2. The lowest BCUT2D eigenvalue weighted by molar-refractivity contribution is -0.129. The second-order valence-corrected chi connectivity index (χ2v) is 9.40. The summed E-state index contributed by atoms with van der Waals surface area (Å²) in [4.78, 5) is 30.7. The molecule has 0 aliphatic carbocycles. The zero-order chi connectivity index (χ0) is 24.5. The molecule has 1 atom stereocenters. The number of methoxy groups -OCH3 is 1. The minimum Gasteiger partial charge on any atom is -0.503 e. The molecule has 9 heteroatoms. The summed E-state index contributed by atoms with van der Waals surface area (Å²) in [5, 5.41) is 11.6. The number of nitrogens with zero attached hydrogens (tertiary/aromatic N) is 2. The van der Waals surface area contributed by atoms with Crippen LogP contribution in [0.5, 0.6) is 5.75 Å². The number of carbonyl (C=O) groups is 2. The summed E-state index contributed by atoms with van der Waals surface area (Å²) in [6.45, 7) is 3.81. The zero-order valence-electron chi connectivity index (χ0n) is 19.2.